The monoisotopic (exact) mass is 177 g/mol. The van der Waals surface area contributed by atoms with Crippen LogP contribution in [0.4, 0.5) is 0 Å². The van der Waals surface area contributed by atoms with Crippen LogP contribution in [0.3, 0.4) is 0 Å². The van der Waals surface area contributed by atoms with E-state index in [1.54, 1.807) is 6.92 Å². The Hall–Kier alpha value is -1.10. The molecule has 0 unspecified atom stereocenters. The SMILES string of the molecule is Cc1nc(CC(=O)O)n[nH]1.Cl. The molecular formula is C5H8ClN3O2. The molecule has 0 fully saturated rings. The average Bonchev–Trinajstić information content (AvgIpc) is 2.13. The van der Waals surface area contributed by atoms with E-state index in [1.807, 2.05) is 0 Å². The first-order valence-electron chi connectivity index (χ1n) is 2.78. The molecule has 0 radical (unpaired) electrons. The zero-order chi connectivity index (χ0) is 7.56. The second-order valence-corrected chi connectivity index (χ2v) is 1.91. The van der Waals surface area contributed by atoms with Gasteiger partial charge < -0.3 is 5.11 Å². The number of hydrogen-bond donors (Lipinski definition) is 2. The minimum Gasteiger partial charge on any atom is -0.481 e. The minimum atomic E-state index is -0.918. The first kappa shape index (κ1) is 9.90. The van der Waals surface area contributed by atoms with Gasteiger partial charge in [0.05, 0.1) is 0 Å². The maximum Gasteiger partial charge on any atom is 0.311 e. The molecule has 0 bridgehead atoms. The van der Waals surface area contributed by atoms with Gasteiger partial charge in [-0.05, 0) is 6.92 Å². The number of aromatic nitrogens is 3. The highest BCUT2D eigenvalue weighted by molar-refractivity contribution is 5.85. The number of nitrogens with zero attached hydrogens (tertiary/aromatic N) is 2. The molecule has 0 aliphatic rings. The largest absolute Gasteiger partial charge is 0.481 e. The van der Waals surface area contributed by atoms with E-state index < -0.39 is 5.97 Å². The van der Waals surface area contributed by atoms with E-state index in [0.29, 0.717) is 11.6 Å². The lowest BCUT2D eigenvalue weighted by atomic mass is 10.4. The van der Waals surface area contributed by atoms with Crippen molar-refractivity contribution in [3.05, 3.63) is 11.6 Å². The third kappa shape index (κ3) is 2.99. The van der Waals surface area contributed by atoms with Gasteiger partial charge in [-0.25, -0.2) is 4.98 Å². The summed E-state index contributed by atoms with van der Waals surface area (Å²) in [6.45, 7) is 1.72. The van der Waals surface area contributed by atoms with E-state index in [4.69, 9.17) is 5.11 Å². The summed E-state index contributed by atoms with van der Waals surface area (Å²) in [4.78, 5) is 13.9. The van der Waals surface area contributed by atoms with Crippen molar-refractivity contribution in [2.75, 3.05) is 0 Å². The smallest absolute Gasteiger partial charge is 0.311 e. The Morgan fingerprint density at radius 1 is 1.73 bits per heavy atom. The summed E-state index contributed by atoms with van der Waals surface area (Å²) >= 11 is 0. The van der Waals surface area contributed by atoms with Crippen molar-refractivity contribution in [1.29, 1.82) is 0 Å². The van der Waals surface area contributed by atoms with Crippen molar-refractivity contribution in [1.82, 2.24) is 15.2 Å². The van der Waals surface area contributed by atoms with Crippen molar-refractivity contribution >= 4 is 18.4 Å². The fraction of sp³-hybridized carbons (Fsp3) is 0.400. The Kier molecular flexibility index (Phi) is 3.53. The van der Waals surface area contributed by atoms with Crippen molar-refractivity contribution < 1.29 is 9.90 Å². The fourth-order valence-electron chi connectivity index (χ4n) is 0.603. The van der Waals surface area contributed by atoms with Crippen LogP contribution in [0.15, 0.2) is 0 Å². The van der Waals surface area contributed by atoms with Gasteiger partial charge in [0.1, 0.15) is 12.2 Å². The lowest BCUT2D eigenvalue weighted by molar-refractivity contribution is -0.136. The number of aryl methyl sites for hydroxylation is 1. The first-order valence-corrected chi connectivity index (χ1v) is 2.78. The van der Waals surface area contributed by atoms with Crippen LogP contribution in [0, 0.1) is 6.92 Å². The molecule has 0 saturated carbocycles. The van der Waals surface area contributed by atoms with Crippen LogP contribution in [-0.4, -0.2) is 26.3 Å². The van der Waals surface area contributed by atoms with Gasteiger partial charge in [0.2, 0.25) is 0 Å². The topological polar surface area (TPSA) is 78.9 Å². The molecule has 0 aromatic carbocycles. The number of rotatable bonds is 2. The van der Waals surface area contributed by atoms with Crippen LogP contribution in [0.5, 0.6) is 0 Å². The molecule has 1 heterocycles. The molecule has 0 aliphatic carbocycles. The number of aliphatic carboxylic acids is 1. The zero-order valence-electron chi connectivity index (χ0n) is 5.87. The van der Waals surface area contributed by atoms with Gasteiger partial charge >= 0.3 is 5.97 Å². The standard InChI is InChI=1S/C5H7N3O2.ClH/c1-3-6-4(8-7-3)2-5(9)10;/h2H2,1H3,(H,9,10)(H,6,7,8);1H. The lowest BCUT2D eigenvalue weighted by Crippen LogP contribution is -2.01. The minimum absolute atomic E-state index is 0. The molecule has 1 rings (SSSR count). The summed E-state index contributed by atoms with van der Waals surface area (Å²) in [6, 6.07) is 0. The number of aromatic amines is 1. The van der Waals surface area contributed by atoms with Gasteiger partial charge in [0, 0.05) is 0 Å². The molecule has 0 atom stereocenters. The molecule has 0 saturated heterocycles. The number of carbonyl (C=O) groups is 1. The molecule has 11 heavy (non-hydrogen) atoms. The third-order valence-corrected chi connectivity index (χ3v) is 0.953. The van der Waals surface area contributed by atoms with Crippen LogP contribution < -0.4 is 0 Å². The second kappa shape index (κ2) is 3.92. The lowest BCUT2D eigenvalue weighted by Gasteiger charge is -1.83. The molecular weight excluding hydrogens is 170 g/mol. The molecule has 0 amide bonds. The van der Waals surface area contributed by atoms with Gasteiger partial charge in [-0.15, -0.1) is 12.4 Å². The van der Waals surface area contributed by atoms with E-state index in [9.17, 15) is 4.79 Å². The zero-order valence-corrected chi connectivity index (χ0v) is 6.68. The maximum atomic E-state index is 10.1. The van der Waals surface area contributed by atoms with E-state index in [0.717, 1.165) is 0 Å². The van der Waals surface area contributed by atoms with Gasteiger partial charge in [0.15, 0.2) is 5.82 Å². The number of carboxylic acids is 1. The van der Waals surface area contributed by atoms with Crippen LogP contribution in [0.25, 0.3) is 0 Å². The van der Waals surface area contributed by atoms with Crippen molar-refractivity contribution in [3.63, 3.8) is 0 Å². The highest BCUT2D eigenvalue weighted by atomic mass is 35.5. The van der Waals surface area contributed by atoms with Crippen molar-refractivity contribution in [2.24, 2.45) is 0 Å². The second-order valence-electron chi connectivity index (χ2n) is 1.91. The summed E-state index contributed by atoms with van der Waals surface area (Å²) in [5, 5.41) is 14.5. The maximum absolute atomic E-state index is 10.1. The Morgan fingerprint density at radius 2 is 2.36 bits per heavy atom. The number of hydrogen-bond acceptors (Lipinski definition) is 3. The van der Waals surface area contributed by atoms with Crippen LogP contribution in [-0.2, 0) is 11.2 Å². The summed E-state index contributed by atoms with van der Waals surface area (Å²) < 4.78 is 0. The quantitative estimate of drug-likeness (QED) is 0.675. The number of halogens is 1. The Labute approximate surface area is 69.3 Å². The molecule has 1 aromatic heterocycles. The number of nitrogens with one attached hydrogen (secondary N) is 1. The Bertz CT molecular complexity index is 248. The summed E-state index contributed by atoms with van der Waals surface area (Å²) in [7, 11) is 0. The molecule has 0 aliphatic heterocycles. The van der Waals surface area contributed by atoms with E-state index in [2.05, 4.69) is 15.2 Å². The molecule has 0 spiro atoms. The third-order valence-electron chi connectivity index (χ3n) is 0.953. The predicted octanol–water partition coefficient (Wildman–Crippen LogP) is 0.162. The molecule has 62 valence electrons. The van der Waals surface area contributed by atoms with Gasteiger partial charge in [-0.2, -0.15) is 5.10 Å². The van der Waals surface area contributed by atoms with Crippen LogP contribution in [0.1, 0.15) is 11.6 Å². The van der Waals surface area contributed by atoms with Gasteiger partial charge in [0.25, 0.3) is 0 Å². The summed E-state index contributed by atoms with van der Waals surface area (Å²) in [5.41, 5.74) is 0. The molecule has 6 heteroatoms. The van der Waals surface area contributed by atoms with Crippen LogP contribution >= 0.6 is 12.4 Å². The molecule has 1 aromatic rings. The van der Waals surface area contributed by atoms with Crippen molar-refractivity contribution in [3.8, 4) is 0 Å². The van der Waals surface area contributed by atoms with Gasteiger partial charge in [-0.3, -0.25) is 9.89 Å². The van der Waals surface area contributed by atoms with Gasteiger partial charge in [-0.1, -0.05) is 0 Å². The predicted molar refractivity (Wildman–Crippen MR) is 39.7 cm³/mol. The average molecular weight is 178 g/mol. The number of carboxylic acid groups (broad SMARTS) is 1. The summed E-state index contributed by atoms with van der Waals surface area (Å²) in [6.07, 6.45) is -0.121. The normalized spacial score (nSPS) is 8.82. The summed E-state index contributed by atoms with van der Waals surface area (Å²) in [5.74, 6) is 0.0419. The van der Waals surface area contributed by atoms with E-state index >= 15 is 0 Å². The highest BCUT2D eigenvalue weighted by Crippen LogP contribution is 1.90. The molecule has 2 N–H and O–H groups in total. The number of H-pyrrole nitrogens is 1. The van der Waals surface area contributed by atoms with Crippen LogP contribution in [0.2, 0.25) is 0 Å². The van der Waals surface area contributed by atoms with Crippen molar-refractivity contribution in [2.45, 2.75) is 13.3 Å². The van der Waals surface area contributed by atoms with E-state index in [1.165, 1.54) is 0 Å². The van der Waals surface area contributed by atoms with E-state index in [-0.39, 0.29) is 18.8 Å². The Morgan fingerprint density at radius 3 is 2.73 bits per heavy atom. The molecule has 5 nitrogen and oxygen atoms in total. The fourth-order valence-corrected chi connectivity index (χ4v) is 0.603. The Balaban J connectivity index is 0.000001000. The first-order chi connectivity index (χ1) is 4.68. The highest BCUT2D eigenvalue weighted by Gasteiger charge is 2.03.